The molecule has 0 aromatic heterocycles. The van der Waals surface area contributed by atoms with Crippen LogP contribution in [0.4, 0.5) is 0 Å². The van der Waals surface area contributed by atoms with Gasteiger partial charge in [-0.2, -0.15) is 0 Å². The summed E-state index contributed by atoms with van der Waals surface area (Å²) in [5, 5.41) is 17.5. The lowest BCUT2D eigenvalue weighted by Gasteiger charge is -2.15. The lowest BCUT2D eigenvalue weighted by Crippen LogP contribution is -2.29. The molecule has 3 heteroatoms. The van der Waals surface area contributed by atoms with E-state index in [1.807, 2.05) is 6.92 Å². The van der Waals surface area contributed by atoms with E-state index < -0.39 is 5.79 Å². The summed E-state index contributed by atoms with van der Waals surface area (Å²) >= 11 is 0. The molecule has 0 bridgehead atoms. The molecule has 0 atom stereocenters. The number of hydrogen-bond donors (Lipinski definition) is 2. The normalized spacial score (nSPS) is 11.6. The highest BCUT2D eigenvalue weighted by Gasteiger charge is 2.14. The Bertz CT molecular complexity index is 113. The van der Waals surface area contributed by atoms with Gasteiger partial charge in [-0.25, -0.2) is 0 Å². The van der Waals surface area contributed by atoms with Crippen LogP contribution in [0.2, 0.25) is 0 Å². The SMILES string of the molecule is C=C(C)COCC(C)(O)O. The molecule has 10 heavy (non-hydrogen) atoms. The molecule has 60 valence electrons. The molecule has 2 N–H and O–H groups in total. The first-order valence-electron chi connectivity index (χ1n) is 3.09. The number of rotatable bonds is 4. The third-order valence-electron chi connectivity index (χ3n) is 0.724. The molecule has 0 spiro atoms. The first-order chi connectivity index (χ1) is 4.42. The minimum atomic E-state index is -1.73. The predicted molar refractivity (Wildman–Crippen MR) is 38.5 cm³/mol. The zero-order chi connectivity index (χ0) is 8.20. The van der Waals surface area contributed by atoms with Gasteiger partial charge in [-0.15, -0.1) is 0 Å². The van der Waals surface area contributed by atoms with E-state index in [9.17, 15) is 0 Å². The summed E-state index contributed by atoms with van der Waals surface area (Å²) in [5.74, 6) is -1.73. The van der Waals surface area contributed by atoms with Crippen molar-refractivity contribution in [3.8, 4) is 0 Å². The maximum atomic E-state index is 8.73. The third kappa shape index (κ3) is 7.62. The highest BCUT2D eigenvalue weighted by molar-refractivity contribution is 4.87. The van der Waals surface area contributed by atoms with Gasteiger partial charge < -0.3 is 14.9 Å². The summed E-state index contributed by atoms with van der Waals surface area (Å²) in [6, 6.07) is 0. The molecule has 0 saturated heterocycles. The minimum Gasteiger partial charge on any atom is -0.372 e. The monoisotopic (exact) mass is 146 g/mol. The molecule has 0 fully saturated rings. The number of hydrogen-bond acceptors (Lipinski definition) is 3. The van der Waals surface area contributed by atoms with E-state index in [-0.39, 0.29) is 6.61 Å². The summed E-state index contributed by atoms with van der Waals surface area (Å²) in [7, 11) is 0. The number of ether oxygens (including phenoxy) is 1. The Morgan fingerprint density at radius 1 is 1.60 bits per heavy atom. The van der Waals surface area contributed by atoms with Gasteiger partial charge in [-0.3, -0.25) is 0 Å². The zero-order valence-corrected chi connectivity index (χ0v) is 6.42. The highest BCUT2D eigenvalue weighted by atomic mass is 16.6. The van der Waals surface area contributed by atoms with Gasteiger partial charge >= 0.3 is 0 Å². The van der Waals surface area contributed by atoms with Crippen LogP contribution >= 0.6 is 0 Å². The van der Waals surface area contributed by atoms with Gasteiger partial charge in [0.25, 0.3) is 0 Å². The lowest BCUT2D eigenvalue weighted by atomic mass is 10.3. The van der Waals surface area contributed by atoms with E-state index in [4.69, 9.17) is 14.9 Å². The Kier molecular flexibility index (Phi) is 3.57. The highest BCUT2D eigenvalue weighted by Crippen LogP contribution is 1.98. The maximum Gasteiger partial charge on any atom is 0.183 e. The molecule has 0 aliphatic rings. The predicted octanol–water partition coefficient (Wildman–Crippen LogP) is 0.280. The Morgan fingerprint density at radius 3 is 2.40 bits per heavy atom. The molecule has 0 aliphatic heterocycles. The van der Waals surface area contributed by atoms with Crippen LogP contribution in [0, 0.1) is 0 Å². The van der Waals surface area contributed by atoms with Crippen molar-refractivity contribution in [3.05, 3.63) is 12.2 Å². The van der Waals surface area contributed by atoms with Crippen molar-refractivity contribution in [2.45, 2.75) is 19.6 Å². The van der Waals surface area contributed by atoms with E-state index in [0.29, 0.717) is 6.61 Å². The van der Waals surface area contributed by atoms with E-state index in [2.05, 4.69) is 6.58 Å². The molecule has 0 aliphatic carbocycles. The topological polar surface area (TPSA) is 49.7 Å². The standard InChI is InChI=1S/C7H14O3/c1-6(2)4-10-5-7(3,8)9/h8-9H,1,4-5H2,2-3H3. The van der Waals surface area contributed by atoms with Crippen LogP contribution in [-0.2, 0) is 4.74 Å². The summed E-state index contributed by atoms with van der Waals surface area (Å²) in [4.78, 5) is 0. The second kappa shape index (κ2) is 3.71. The molecular weight excluding hydrogens is 132 g/mol. The average molecular weight is 146 g/mol. The zero-order valence-electron chi connectivity index (χ0n) is 6.42. The first kappa shape index (κ1) is 9.62. The Labute approximate surface area is 60.9 Å². The molecule has 3 nitrogen and oxygen atoms in total. The second-order valence-electron chi connectivity index (χ2n) is 2.67. The van der Waals surface area contributed by atoms with Gasteiger partial charge in [-0.05, 0) is 13.8 Å². The van der Waals surface area contributed by atoms with Crippen LogP contribution in [0.25, 0.3) is 0 Å². The van der Waals surface area contributed by atoms with Gasteiger partial charge in [-0.1, -0.05) is 12.2 Å². The van der Waals surface area contributed by atoms with Crippen molar-refractivity contribution in [1.29, 1.82) is 0 Å². The quantitative estimate of drug-likeness (QED) is 0.442. The largest absolute Gasteiger partial charge is 0.372 e. The van der Waals surface area contributed by atoms with Crippen molar-refractivity contribution >= 4 is 0 Å². The van der Waals surface area contributed by atoms with Crippen LogP contribution in [0.15, 0.2) is 12.2 Å². The number of aliphatic hydroxyl groups is 2. The van der Waals surface area contributed by atoms with Gasteiger partial charge in [0.2, 0.25) is 0 Å². The van der Waals surface area contributed by atoms with Crippen LogP contribution in [0.5, 0.6) is 0 Å². The van der Waals surface area contributed by atoms with E-state index in [1.54, 1.807) is 0 Å². The molecule has 0 saturated carbocycles. The summed E-state index contributed by atoms with van der Waals surface area (Å²) < 4.78 is 4.86. The van der Waals surface area contributed by atoms with Crippen LogP contribution in [0.3, 0.4) is 0 Å². The first-order valence-corrected chi connectivity index (χ1v) is 3.09. The van der Waals surface area contributed by atoms with Gasteiger partial charge in [0.1, 0.15) is 6.61 Å². The Hall–Kier alpha value is -0.380. The molecule has 0 aromatic carbocycles. The molecule has 0 heterocycles. The van der Waals surface area contributed by atoms with Gasteiger partial charge in [0.05, 0.1) is 6.61 Å². The molecule has 0 rings (SSSR count). The fraction of sp³-hybridized carbons (Fsp3) is 0.714. The maximum absolute atomic E-state index is 8.73. The Balaban J connectivity index is 3.29. The van der Waals surface area contributed by atoms with Crippen molar-refractivity contribution in [3.63, 3.8) is 0 Å². The summed E-state index contributed by atoms with van der Waals surface area (Å²) in [6.07, 6.45) is 0. The molecular formula is C7H14O3. The van der Waals surface area contributed by atoms with Crippen molar-refractivity contribution in [1.82, 2.24) is 0 Å². The van der Waals surface area contributed by atoms with Crippen LogP contribution in [0.1, 0.15) is 13.8 Å². The fourth-order valence-corrected chi connectivity index (χ4v) is 0.419. The summed E-state index contributed by atoms with van der Waals surface area (Å²) in [6.45, 7) is 6.96. The third-order valence-corrected chi connectivity index (χ3v) is 0.724. The average Bonchev–Trinajstić information content (AvgIpc) is 1.59. The molecule has 0 unspecified atom stereocenters. The molecule has 0 aromatic rings. The fourth-order valence-electron chi connectivity index (χ4n) is 0.419. The van der Waals surface area contributed by atoms with E-state index >= 15 is 0 Å². The van der Waals surface area contributed by atoms with Gasteiger partial charge in [0.15, 0.2) is 5.79 Å². The summed E-state index contributed by atoms with van der Waals surface area (Å²) in [5.41, 5.74) is 0.865. The second-order valence-corrected chi connectivity index (χ2v) is 2.67. The molecule has 0 amide bonds. The lowest BCUT2D eigenvalue weighted by molar-refractivity contribution is -0.181. The van der Waals surface area contributed by atoms with Crippen molar-refractivity contribution < 1.29 is 14.9 Å². The smallest absolute Gasteiger partial charge is 0.183 e. The molecule has 0 radical (unpaired) electrons. The van der Waals surface area contributed by atoms with Crippen LogP contribution < -0.4 is 0 Å². The van der Waals surface area contributed by atoms with Crippen molar-refractivity contribution in [2.75, 3.05) is 13.2 Å². The van der Waals surface area contributed by atoms with Gasteiger partial charge in [0, 0.05) is 0 Å². The minimum absolute atomic E-state index is 0.0835. The van der Waals surface area contributed by atoms with E-state index in [0.717, 1.165) is 5.57 Å². The Morgan fingerprint density at radius 2 is 2.10 bits per heavy atom. The van der Waals surface area contributed by atoms with Crippen LogP contribution in [-0.4, -0.2) is 29.2 Å². The van der Waals surface area contributed by atoms with Crippen molar-refractivity contribution in [2.24, 2.45) is 0 Å². The van der Waals surface area contributed by atoms with E-state index in [1.165, 1.54) is 6.92 Å².